The van der Waals surface area contributed by atoms with Gasteiger partial charge in [0.25, 0.3) is 0 Å². The quantitative estimate of drug-likeness (QED) is 0.0349. The van der Waals surface area contributed by atoms with Crippen molar-refractivity contribution in [3.05, 3.63) is 0 Å². The molecule has 1 saturated heterocycles. The van der Waals surface area contributed by atoms with Gasteiger partial charge in [-0.15, -0.1) is 0 Å². The molecule has 0 aromatic carbocycles. The number of hydrogen-bond acceptors (Lipinski definition) is 9. The maximum atomic E-state index is 12.8. The van der Waals surface area contributed by atoms with Crippen molar-refractivity contribution in [1.82, 2.24) is 0 Å². The first-order valence-corrected chi connectivity index (χ1v) is 25.6. The average molecular weight is 843 g/mol. The molecule has 4 N–H and O–H groups in total. The van der Waals surface area contributed by atoms with Gasteiger partial charge in [0.1, 0.15) is 30.5 Å². The maximum Gasteiger partial charge on any atom is 0.306 e. The highest BCUT2D eigenvalue weighted by molar-refractivity contribution is 5.69. The van der Waals surface area contributed by atoms with E-state index >= 15 is 0 Å². The molecule has 6 atom stereocenters. The van der Waals surface area contributed by atoms with Crippen LogP contribution in [0.1, 0.15) is 251 Å². The van der Waals surface area contributed by atoms with E-state index in [2.05, 4.69) is 13.8 Å². The SMILES string of the molecule is CCCCCCCCCCCCCCCCCCCCCCC(=O)OC(COCCCCCCCCCCCCCCCCCC)COC1OC(CO)C(O)C(O)C1O. The van der Waals surface area contributed by atoms with Crippen LogP contribution in [-0.4, -0.2) is 89.6 Å². The van der Waals surface area contributed by atoms with Crippen LogP contribution in [0.4, 0.5) is 0 Å². The first-order valence-electron chi connectivity index (χ1n) is 25.6. The van der Waals surface area contributed by atoms with Gasteiger partial charge in [-0.05, 0) is 12.8 Å². The van der Waals surface area contributed by atoms with E-state index in [1.165, 1.54) is 199 Å². The van der Waals surface area contributed by atoms with Crippen molar-refractivity contribution in [1.29, 1.82) is 0 Å². The predicted molar refractivity (Wildman–Crippen MR) is 243 cm³/mol. The lowest BCUT2D eigenvalue weighted by Gasteiger charge is -2.39. The summed E-state index contributed by atoms with van der Waals surface area (Å²) in [5, 5.41) is 40.2. The fourth-order valence-corrected chi connectivity index (χ4v) is 8.26. The maximum absolute atomic E-state index is 12.8. The number of carbonyl (C=O) groups excluding carboxylic acids is 1. The standard InChI is InChI=1S/C50H98O9/c1-3-5-7-9-11-13-15-17-19-21-22-23-24-25-27-29-31-33-35-37-39-46(52)58-44(43-57-50-49(55)48(54)47(53)45(41-51)59-50)42-56-40-38-36-34-32-30-28-26-20-18-16-14-12-10-8-6-4-2/h44-45,47-51,53-55H,3-43H2,1-2H3. The topological polar surface area (TPSA) is 135 Å². The summed E-state index contributed by atoms with van der Waals surface area (Å²) in [5.74, 6) is -0.305. The highest BCUT2D eigenvalue weighted by Crippen LogP contribution is 2.23. The molecule has 1 aliphatic rings. The predicted octanol–water partition coefficient (Wildman–Crippen LogP) is 12.2. The van der Waals surface area contributed by atoms with Gasteiger partial charge in [0.15, 0.2) is 6.29 Å². The van der Waals surface area contributed by atoms with Crippen molar-refractivity contribution in [2.45, 2.75) is 288 Å². The zero-order valence-corrected chi connectivity index (χ0v) is 38.8. The van der Waals surface area contributed by atoms with Gasteiger partial charge in [-0.1, -0.05) is 232 Å². The second-order valence-corrected chi connectivity index (χ2v) is 18.0. The lowest BCUT2D eigenvalue weighted by molar-refractivity contribution is -0.305. The monoisotopic (exact) mass is 843 g/mol. The van der Waals surface area contributed by atoms with Crippen LogP contribution in [0.25, 0.3) is 0 Å². The number of aliphatic hydroxyl groups is 4. The molecule has 0 amide bonds. The van der Waals surface area contributed by atoms with Crippen molar-refractivity contribution >= 4 is 5.97 Å². The molecule has 0 saturated carbocycles. The Morgan fingerprint density at radius 1 is 0.475 bits per heavy atom. The summed E-state index contributed by atoms with van der Waals surface area (Å²) in [4.78, 5) is 12.8. The number of esters is 1. The smallest absolute Gasteiger partial charge is 0.306 e. The van der Waals surface area contributed by atoms with Crippen molar-refractivity contribution in [2.75, 3.05) is 26.4 Å². The van der Waals surface area contributed by atoms with E-state index in [0.29, 0.717) is 13.0 Å². The Labute approximate surface area is 363 Å². The van der Waals surface area contributed by atoms with E-state index in [1.54, 1.807) is 0 Å². The Kier molecular flexibility index (Phi) is 40.5. The van der Waals surface area contributed by atoms with Crippen LogP contribution in [0.5, 0.6) is 0 Å². The van der Waals surface area contributed by atoms with Crippen LogP contribution in [0.2, 0.25) is 0 Å². The molecule has 0 bridgehead atoms. The summed E-state index contributed by atoms with van der Waals surface area (Å²) in [7, 11) is 0. The van der Waals surface area contributed by atoms with Gasteiger partial charge in [0.05, 0.1) is 19.8 Å². The number of carbonyl (C=O) groups is 1. The summed E-state index contributed by atoms with van der Waals surface area (Å²) < 4.78 is 22.9. The molecule has 0 radical (unpaired) electrons. The fraction of sp³-hybridized carbons (Fsp3) is 0.980. The van der Waals surface area contributed by atoms with Crippen LogP contribution in [-0.2, 0) is 23.7 Å². The molecule has 0 aliphatic carbocycles. The number of rotatable bonds is 45. The van der Waals surface area contributed by atoms with Crippen LogP contribution >= 0.6 is 0 Å². The third kappa shape index (κ3) is 33.4. The summed E-state index contributed by atoms with van der Waals surface area (Å²) >= 11 is 0. The van der Waals surface area contributed by atoms with Gasteiger partial charge in [-0.25, -0.2) is 0 Å². The van der Waals surface area contributed by atoms with E-state index in [4.69, 9.17) is 18.9 Å². The van der Waals surface area contributed by atoms with Crippen molar-refractivity contribution in [3.8, 4) is 0 Å². The van der Waals surface area contributed by atoms with Gasteiger partial charge in [-0.2, -0.15) is 0 Å². The van der Waals surface area contributed by atoms with E-state index in [0.717, 1.165) is 32.1 Å². The molecule has 9 nitrogen and oxygen atoms in total. The molecular weight excluding hydrogens is 745 g/mol. The van der Waals surface area contributed by atoms with Crippen molar-refractivity contribution < 1.29 is 44.2 Å². The largest absolute Gasteiger partial charge is 0.457 e. The van der Waals surface area contributed by atoms with Gasteiger partial charge in [-0.3, -0.25) is 4.79 Å². The van der Waals surface area contributed by atoms with Crippen molar-refractivity contribution in [2.24, 2.45) is 0 Å². The number of aliphatic hydroxyl groups excluding tert-OH is 4. The van der Waals surface area contributed by atoms with Crippen LogP contribution in [0.3, 0.4) is 0 Å². The van der Waals surface area contributed by atoms with Crippen LogP contribution < -0.4 is 0 Å². The first kappa shape index (κ1) is 56.2. The molecular formula is C50H98O9. The highest BCUT2D eigenvalue weighted by Gasteiger charge is 2.44. The summed E-state index contributed by atoms with van der Waals surface area (Å²) in [6.07, 6.45) is 39.9. The molecule has 352 valence electrons. The second-order valence-electron chi connectivity index (χ2n) is 18.0. The van der Waals surface area contributed by atoms with Crippen molar-refractivity contribution in [3.63, 3.8) is 0 Å². The minimum Gasteiger partial charge on any atom is -0.457 e. The summed E-state index contributed by atoms with van der Waals surface area (Å²) in [6.45, 7) is 4.63. The molecule has 0 aromatic heterocycles. The Morgan fingerprint density at radius 2 is 0.831 bits per heavy atom. The minimum atomic E-state index is -1.53. The number of unbranched alkanes of at least 4 members (excludes halogenated alkanes) is 34. The lowest BCUT2D eigenvalue weighted by Crippen LogP contribution is -2.59. The molecule has 6 unspecified atom stereocenters. The molecule has 1 heterocycles. The Bertz CT molecular complexity index is 873. The molecule has 1 rings (SSSR count). The molecule has 1 fully saturated rings. The Balaban J connectivity index is 2.18. The third-order valence-electron chi connectivity index (χ3n) is 12.3. The van der Waals surface area contributed by atoms with Gasteiger partial charge in [0, 0.05) is 13.0 Å². The number of ether oxygens (including phenoxy) is 4. The second kappa shape index (κ2) is 42.5. The first-order chi connectivity index (χ1) is 28.9. The zero-order chi connectivity index (χ0) is 42.9. The Hall–Kier alpha value is -0.810. The van der Waals surface area contributed by atoms with E-state index in [1.807, 2.05) is 0 Å². The summed E-state index contributed by atoms with van der Waals surface area (Å²) in [6, 6.07) is 0. The van der Waals surface area contributed by atoms with Crippen LogP contribution in [0, 0.1) is 0 Å². The van der Waals surface area contributed by atoms with Gasteiger partial charge in [0.2, 0.25) is 0 Å². The van der Waals surface area contributed by atoms with E-state index in [-0.39, 0.29) is 19.2 Å². The molecule has 0 aromatic rings. The lowest BCUT2D eigenvalue weighted by atomic mass is 9.99. The van der Waals surface area contributed by atoms with Crippen LogP contribution in [0.15, 0.2) is 0 Å². The van der Waals surface area contributed by atoms with Gasteiger partial charge >= 0.3 is 5.97 Å². The molecule has 0 spiro atoms. The highest BCUT2D eigenvalue weighted by atomic mass is 16.7. The fourth-order valence-electron chi connectivity index (χ4n) is 8.26. The normalized spacial score (nSPS) is 20.0. The third-order valence-corrected chi connectivity index (χ3v) is 12.3. The van der Waals surface area contributed by atoms with E-state index in [9.17, 15) is 25.2 Å². The molecule has 1 aliphatic heterocycles. The Morgan fingerprint density at radius 3 is 1.20 bits per heavy atom. The zero-order valence-electron chi connectivity index (χ0n) is 38.8. The average Bonchev–Trinajstić information content (AvgIpc) is 3.24. The molecule has 9 heteroatoms. The summed E-state index contributed by atoms with van der Waals surface area (Å²) in [5.41, 5.74) is 0. The van der Waals surface area contributed by atoms with E-state index < -0.39 is 43.4 Å². The van der Waals surface area contributed by atoms with Gasteiger partial charge < -0.3 is 39.4 Å². The number of hydrogen-bond donors (Lipinski definition) is 4. The molecule has 59 heavy (non-hydrogen) atoms. The minimum absolute atomic E-state index is 0.105.